The Labute approximate surface area is 119 Å². The lowest BCUT2D eigenvalue weighted by Crippen LogP contribution is -2.20. The van der Waals surface area contributed by atoms with Crippen LogP contribution in [-0.4, -0.2) is 0 Å². The maximum atomic E-state index is 5.85. The summed E-state index contributed by atoms with van der Waals surface area (Å²) >= 11 is 5.85. The van der Waals surface area contributed by atoms with Gasteiger partial charge < -0.3 is 5.43 Å². The number of rotatable bonds is 5. The average Bonchev–Trinajstić information content (AvgIpc) is 2.41. The van der Waals surface area contributed by atoms with Crippen molar-refractivity contribution >= 4 is 17.3 Å². The van der Waals surface area contributed by atoms with E-state index in [0.29, 0.717) is 5.92 Å². The van der Waals surface area contributed by atoms with Gasteiger partial charge in [-0.25, -0.2) is 5.43 Å². The second kappa shape index (κ2) is 6.60. The summed E-state index contributed by atoms with van der Waals surface area (Å²) in [5.41, 5.74) is 9.99. The van der Waals surface area contributed by atoms with E-state index < -0.39 is 0 Å². The summed E-state index contributed by atoms with van der Waals surface area (Å²) in [7, 11) is 0. The smallest absolute Gasteiger partial charge is 0.0487 e. The van der Waals surface area contributed by atoms with Gasteiger partial charge in [0, 0.05) is 17.3 Å². The number of hydrazine groups is 1. The number of halogens is 1. The van der Waals surface area contributed by atoms with Crippen LogP contribution < -0.4 is 10.9 Å². The second-order valence-electron chi connectivity index (χ2n) is 4.88. The van der Waals surface area contributed by atoms with Crippen LogP contribution in [0.2, 0.25) is 5.02 Å². The van der Waals surface area contributed by atoms with Gasteiger partial charge in [0.1, 0.15) is 0 Å². The Bertz CT molecular complexity index is 503. The molecule has 0 unspecified atom stereocenters. The molecule has 0 heterocycles. The first kappa shape index (κ1) is 13.9. The fourth-order valence-corrected chi connectivity index (χ4v) is 1.93. The van der Waals surface area contributed by atoms with Gasteiger partial charge in [-0.2, -0.15) is 0 Å². The van der Waals surface area contributed by atoms with Gasteiger partial charge >= 0.3 is 0 Å². The first-order valence-corrected chi connectivity index (χ1v) is 6.86. The summed E-state index contributed by atoms with van der Waals surface area (Å²) in [6.45, 7) is 5.14. The van der Waals surface area contributed by atoms with Gasteiger partial charge in [-0.15, -0.1) is 0 Å². The molecular formula is C16H19ClN2. The third kappa shape index (κ3) is 4.27. The third-order valence-electron chi connectivity index (χ3n) is 3.02. The SMILES string of the molecule is CC(C)c1ccc(NNCc2ccc(Cl)cc2)cc1. The van der Waals surface area contributed by atoms with Crippen molar-refractivity contribution < 1.29 is 0 Å². The molecule has 0 aliphatic carbocycles. The van der Waals surface area contributed by atoms with Crippen LogP contribution >= 0.6 is 11.6 Å². The van der Waals surface area contributed by atoms with Crippen molar-refractivity contribution in [2.45, 2.75) is 26.3 Å². The lowest BCUT2D eigenvalue weighted by atomic mass is 10.0. The van der Waals surface area contributed by atoms with Crippen molar-refractivity contribution in [3.63, 3.8) is 0 Å². The third-order valence-corrected chi connectivity index (χ3v) is 3.27. The van der Waals surface area contributed by atoms with Crippen molar-refractivity contribution in [2.24, 2.45) is 0 Å². The predicted molar refractivity (Wildman–Crippen MR) is 82.4 cm³/mol. The molecule has 100 valence electrons. The number of benzene rings is 2. The maximum absolute atomic E-state index is 5.85. The molecule has 3 heteroatoms. The number of anilines is 1. The fraction of sp³-hybridized carbons (Fsp3) is 0.250. The molecule has 0 aromatic heterocycles. The molecule has 0 bridgehead atoms. The van der Waals surface area contributed by atoms with Gasteiger partial charge in [-0.3, -0.25) is 0 Å². The molecule has 0 amide bonds. The highest BCUT2D eigenvalue weighted by Crippen LogP contribution is 2.16. The summed E-state index contributed by atoms with van der Waals surface area (Å²) < 4.78 is 0. The number of hydrogen-bond acceptors (Lipinski definition) is 2. The molecule has 0 aliphatic rings. The molecule has 2 aromatic carbocycles. The molecule has 0 saturated carbocycles. The summed E-state index contributed by atoms with van der Waals surface area (Å²) in [4.78, 5) is 0. The fourth-order valence-electron chi connectivity index (χ4n) is 1.80. The molecule has 0 fully saturated rings. The van der Waals surface area contributed by atoms with Gasteiger partial charge in [-0.05, 0) is 41.3 Å². The standard InChI is InChI=1S/C16H19ClN2/c1-12(2)14-5-9-16(10-6-14)19-18-11-13-3-7-15(17)8-4-13/h3-10,12,18-19H,11H2,1-2H3. The molecule has 0 radical (unpaired) electrons. The van der Waals surface area contributed by atoms with Crippen molar-refractivity contribution in [3.05, 3.63) is 64.7 Å². The first-order chi connectivity index (χ1) is 9.15. The van der Waals surface area contributed by atoms with E-state index in [0.717, 1.165) is 17.3 Å². The van der Waals surface area contributed by atoms with Crippen molar-refractivity contribution in [3.8, 4) is 0 Å². The summed E-state index contributed by atoms with van der Waals surface area (Å²) in [5.74, 6) is 0.566. The Morgan fingerprint density at radius 1 is 0.947 bits per heavy atom. The Kier molecular flexibility index (Phi) is 4.83. The monoisotopic (exact) mass is 274 g/mol. The number of nitrogens with one attached hydrogen (secondary N) is 2. The van der Waals surface area contributed by atoms with Gasteiger partial charge in [0.25, 0.3) is 0 Å². The van der Waals surface area contributed by atoms with Crippen LogP contribution in [0.25, 0.3) is 0 Å². The lowest BCUT2D eigenvalue weighted by Gasteiger charge is -2.10. The van der Waals surface area contributed by atoms with E-state index >= 15 is 0 Å². The zero-order valence-electron chi connectivity index (χ0n) is 11.3. The van der Waals surface area contributed by atoms with E-state index in [-0.39, 0.29) is 0 Å². The van der Waals surface area contributed by atoms with Gasteiger partial charge in [0.2, 0.25) is 0 Å². The molecule has 19 heavy (non-hydrogen) atoms. The second-order valence-corrected chi connectivity index (χ2v) is 5.32. The Hall–Kier alpha value is -1.51. The van der Waals surface area contributed by atoms with Gasteiger partial charge in [0.15, 0.2) is 0 Å². The zero-order valence-corrected chi connectivity index (χ0v) is 12.0. The maximum Gasteiger partial charge on any atom is 0.0487 e. The Morgan fingerprint density at radius 3 is 2.16 bits per heavy atom. The van der Waals surface area contributed by atoms with E-state index in [1.807, 2.05) is 24.3 Å². The lowest BCUT2D eigenvalue weighted by molar-refractivity contribution is 0.800. The van der Waals surface area contributed by atoms with Crippen LogP contribution in [-0.2, 0) is 6.54 Å². The Balaban J connectivity index is 1.83. The van der Waals surface area contributed by atoms with Crippen molar-refractivity contribution in [1.82, 2.24) is 5.43 Å². The minimum Gasteiger partial charge on any atom is -0.321 e. The molecular weight excluding hydrogens is 256 g/mol. The van der Waals surface area contributed by atoms with E-state index in [1.165, 1.54) is 11.1 Å². The van der Waals surface area contributed by atoms with Gasteiger partial charge in [-0.1, -0.05) is 49.7 Å². The largest absolute Gasteiger partial charge is 0.321 e. The quantitative estimate of drug-likeness (QED) is 0.780. The van der Waals surface area contributed by atoms with Crippen molar-refractivity contribution in [1.29, 1.82) is 0 Å². The molecule has 0 atom stereocenters. The number of hydrogen-bond donors (Lipinski definition) is 2. The predicted octanol–water partition coefficient (Wildman–Crippen LogP) is 4.58. The first-order valence-electron chi connectivity index (χ1n) is 6.48. The van der Waals surface area contributed by atoms with E-state index in [2.05, 4.69) is 49.0 Å². The molecule has 2 N–H and O–H groups in total. The summed E-state index contributed by atoms with van der Waals surface area (Å²) in [5, 5.41) is 0.765. The topological polar surface area (TPSA) is 24.1 Å². The van der Waals surface area contributed by atoms with Crippen LogP contribution in [0.3, 0.4) is 0 Å². The summed E-state index contributed by atoms with van der Waals surface area (Å²) in [6, 6.07) is 16.3. The molecule has 2 rings (SSSR count). The van der Waals surface area contributed by atoms with E-state index in [4.69, 9.17) is 11.6 Å². The van der Waals surface area contributed by atoms with E-state index in [9.17, 15) is 0 Å². The summed E-state index contributed by atoms with van der Waals surface area (Å²) in [6.07, 6.45) is 0. The van der Waals surface area contributed by atoms with Crippen LogP contribution in [0, 0.1) is 0 Å². The van der Waals surface area contributed by atoms with Crippen LogP contribution in [0.15, 0.2) is 48.5 Å². The van der Waals surface area contributed by atoms with Crippen LogP contribution in [0.5, 0.6) is 0 Å². The highest BCUT2D eigenvalue weighted by atomic mass is 35.5. The van der Waals surface area contributed by atoms with Gasteiger partial charge in [0.05, 0.1) is 0 Å². The Morgan fingerprint density at radius 2 is 1.58 bits per heavy atom. The average molecular weight is 275 g/mol. The highest BCUT2D eigenvalue weighted by Gasteiger charge is 1.98. The molecule has 2 aromatic rings. The zero-order chi connectivity index (χ0) is 13.7. The van der Waals surface area contributed by atoms with Crippen molar-refractivity contribution in [2.75, 3.05) is 5.43 Å². The van der Waals surface area contributed by atoms with E-state index in [1.54, 1.807) is 0 Å². The molecule has 2 nitrogen and oxygen atoms in total. The van der Waals surface area contributed by atoms with Crippen LogP contribution in [0.1, 0.15) is 30.9 Å². The normalized spacial score (nSPS) is 10.7. The molecule has 0 saturated heterocycles. The minimum absolute atomic E-state index is 0.566. The minimum atomic E-state index is 0.566. The molecule has 0 aliphatic heterocycles. The highest BCUT2D eigenvalue weighted by molar-refractivity contribution is 6.30. The van der Waals surface area contributed by atoms with Crippen LogP contribution in [0.4, 0.5) is 5.69 Å². The molecule has 0 spiro atoms.